The quantitative estimate of drug-likeness (QED) is 0.811. The van der Waals surface area contributed by atoms with Crippen molar-refractivity contribution >= 4 is 11.9 Å². The van der Waals surface area contributed by atoms with Gasteiger partial charge in [-0.2, -0.15) is 5.10 Å². The van der Waals surface area contributed by atoms with Crippen LogP contribution in [0.5, 0.6) is 0 Å². The van der Waals surface area contributed by atoms with Crippen molar-refractivity contribution in [1.29, 1.82) is 0 Å². The summed E-state index contributed by atoms with van der Waals surface area (Å²) in [6, 6.07) is 8.46. The molecule has 1 aliphatic rings. The van der Waals surface area contributed by atoms with Gasteiger partial charge in [-0.1, -0.05) is 36.8 Å². The Labute approximate surface area is 172 Å². The maximum atomic E-state index is 12.7. The highest BCUT2D eigenvalue weighted by Gasteiger charge is 2.32. The van der Waals surface area contributed by atoms with Gasteiger partial charge in [0.05, 0.1) is 18.2 Å². The first-order valence-corrected chi connectivity index (χ1v) is 10.3. The zero-order valence-electron chi connectivity index (χ0n) is 17.8. The number of carbonyl (C=O) groups is 2. The molecule has 6 heteroatoms. The molecule has 29 heavy (non-hydrogen) atoms. The van der Waals surface area contributed by atoms with Crippen LogP contribution in [0.2, 0.25) is 0 Å². The molecule has 1 saturated heterocycles. The van der Waals surface area contributed by atoms with Crippen LogP contribution in [-0.2, 0) is 22.6 Å². The Balaban J connectivity index is 1.61. The van der Waals surface area contributed by atoms with Gasteiger partial charge >= 0.3 is 5.97 Å². The van der Waals surface area contributed by atoms with E-state index < -0.39 is 5.97 Å². The van der Waals surface area contributed by atoms with Crippen molar-refractivity contribution in [3.8, 4) is 0 Å². The van der Waals surface area contributed by atoms with Crippen molar-refractivity contribution in [3.05, 3.63) is 52.3 Å². The molecule has 3 rings (SSSR count). The number of rotatable bonds is 6. The fourth-order valence-electron chi connectivity index (χ4n) is 4.25. The molecule has 1 fully saturated rings. The number of carboxylic acid groups (broad SMARTS) is 1. The van der Waals surface area contributed by atoms with E-state index >= 15 is 0 Å². The molecule has 0 saturated carbocycles. The largest absolute Gasteiger partial charge is 0.481 e. The van der Waals surface area contributed by atoms with E-state index in [1.54, 1.807) is 0 Å². The number of likely N-dealkylation sites (tertiary alicyclic amines) is 1. The first kappa shape index (κ1) is 21.1. The molecule has 1 aromatic carbocycles. The third kappa shape index (κ3) is 4.86. The van der Waals surface area contributed by atoms with Crippen molar-refractivity contribution in [1.82, 2.24) is 14.7 Å². The Morgan fingerprint density at radius 1 is 1.17 bits per heavy atom. The van der Waals surface area contributed by atoms with Crippen molar-refractivity contribution in [2.24, 2.45) is 11.8 Å². The van der Waals surface area contributed by atoms with Crippen molar-refractivity contribution in [3.63, 3.8) is 0 Å². The number of benzene rings is 1. The summed E-state index contributed by atoms with van der Waals surface area (Å²) in [7, 11) is 0. The zero-order valence-corrected chi connectivity index (χ0v) is 17.8. The fraction of sp³-hybridized carbons (Fsp3) is 0.522. The van der Waals surface area contributed by atoms with Crippen LogP contribution in [0.4, 0.5) is 0 Å². The highest BCUT2D eigenvalue weighted by atomic mass is 16.4. The summed E-state index contributed by atoms with van der Waals surface area (Å²) in [6.07, 6.45) is 1.63. The minimum Gasteiger partial charge on any atom is -0.481 e. The number of aryl methyl sites for hydroxylation is 2. The minimum absolute atomic E-state index is 0.00840. The summed E-state index contributed by atoms with van der Waals surface area (Å²) in [4.78, 5) is 25.8. The third-order valence-electron chi connectivity index (χ3n) is 6.15. The Kier molecular flexibility index (Phi) is 6.40. The number of hydrogen-bond donors (Lipinski definition) is 1. The minimum atomic E-state index is -0.753. The van der Waals surface area contributed by atoms with E-state index in [1.165, 1.54) is 11.1 Å². The molecule has 1 aromatic heterocycles. The molecule has 1 amide bonds. The lowest BCUT2D eigenvalue weighted by Crippen LogP contribution is -2.45. The normalized spacial score (nSPS) is 19.4. The van der Waals surface area contributed by atoms with E-state index in [2.05, 4.69) is 43.2 Å². The van der Waals surface area contributed by atoms with Crippen molar-refractivity contribution < 1.29 is 14.7 Å². The number of carboxylic acids is 1. The fourth-order valence-corrected chi connectivity index (χ4v) is 4.25. The lowest BCUT2D eigenvalue weighted by Gasteiger charge is -2.35. The summed E-state index contributed by atoms with van der Waals surface area (Å²) >= 11 is 0. The van der Waals surface area contributed by atoms with Gasteiger partial charge in [-0.05, 0) is 50.7 Å². The van der Waals surface area contributed by atoms with Crippen LogP contribution in [-0.4, -0.2) is 44.8 Å². The van der Waals surface area contributed by atoms with Gasteiger partial charge in [0.1, 0.15) is 0 Å². The van der Waals surface area contributed by atoms with Crippen LogP contribution in [0.25, 0.3) is 0 Å². The molecule has 1 N–H and O–H groups in total. The van der Waals surface area contributed by atoms with Gasteiger partial charge in [0, 0.05) is 25.2 Å². The average molecular weight is 398 g/mol. The molecule has 2 unspecified atom stereocenters. The van der Waals surface area contributed by atoms with E-state index in [0.717, 1.165) is 23.5 Å². The van der Waals surface area contributed by atoms with Crippen LogP contribution in [0.15, 0.2) is 24.3 Å². The van der Waals surface area contributed by atoms with Gasteiger partial charge in [-0.25, -0.2) is 0 Å². The molecule has 2 heterocycles. The Hall–Kier alpha value is -2.63. The highest BCUT2D eigenvalue weighted by molar-refractivity contribution is 5.77. The molecular weight excluding hydrogens is 366 g/mol. The SMILES string of the molecule is Cc1ccc(Cn2nc(C)c(CCC(=O)N3CCC(C(=O)O)C(C)C3)c2C)cc1. The van der Waals surface area contributed by atoms with Crippen molar-refractivity contribution in [2.75, 3.05) is 13.1 Å². The predicted octanol–water partition coefficient (Wildman–Crippen LogP) is 3.36. The molecule has 2 atom stereocenters. The van der Waals surface area contributed by atoms with Crippen LogP contribution >= 0.6 is 0 Å². The number of aliphatic carboxylic acids is 1. The molecule has 2 aromatic rings. The van der Waals surface area contributed by atoms with Gasteiger partial charge in [0.15, 0.2) is 0 Å². The molecule has 0 spiro atoms. The third-order valence-corrected chi connectivity index (χ3v) is 6.15. The summed E-state index contributed by atoms with van der Waals surface area (Å²) < 4.78 is 2.01. The summed E-state index contributed by atoms with van der Waals surface area (Å²) in [5, 5.41) is 13.9. The Morgan fingerprint density at radius 2 is 1.86 bits per heavy atom. The Morgan fingerprint density at radius 3 is 2.48 bits per heavy atom. The monoisotopic (exact) mass is 397 g/mol. The first-order chi connectivity index (χ1) is 13.8. The molecule has 6 nitrogen and oxygen atoms in total. The second-order valence-corrected chi connectivity index (χ2v) is 8.34. The van der Waals surface area contributed by atoms with Crippen molar-refractivity contribution in [2.45, 2.75) is 53.5 Å². The van der Waals surface area contributed by atoms with Gasteiger partial charge in [-0.15, -0.1) is 0 Å². The van der Waals surface area contributed by atoms with Crippen LogP contribution in [0.1, 0.15) is 47.8 Å². The number of amides is 1. The van der Waals surface area contributed by atoms with Crippen LogP contribution in [0.3, 0.4) is 0 Å². The average Bonchev–Trinajstić information content (AvgIpc) is 2.94. The van der Waals surface area contributed by atoms with E-state index in [1.807, 2.05) is 23.4 Å². The molecule has 156 valence electrons. The molecule has 0 bridgehead atoms. The number of hydrogen-bond acceptors (Lipinski definition) is 3. The van der Waals surface area contributed by atoms with E-state index in [9.17, 15) is 14.7 Å². The van der Waals surface area contributed by atoms with Gasteiger partial charge in [-0.3, -0.25) is 14.3 Å². The Bertz CT molecular complexity index is 886. The lowest BCUT2D eigenvalue weighted by atomic mass is 9.87. The number of carbonyl (C=O) groups excluding carboxylic acids is 1. The van der Waals surface area contributed by atoms with Gasteiger partial charge < -0.3 is 10.0 Å². The molecule has 1 aliphatic heterocycles. The zero-order chi connectivity index (χ0) is 21.1. The summed E-state index contributed by atoms with van der Waals surface area (Å²) in [5.74, 6) is -1.00. The smallest absolute Gasteiger partial charge is 0.306 e. The number of aromatic nitrogens is 2. The maximum absolute atomic E-state index is 12.7. The number of piperidine rings is 1. The first-order valence-electron chi connectivity index (χ1n) is 10.3. The molecule has 0 aliphatic carbocycles. The molecular formula is C23H31N3O3. The lowest BCUT2D eigenvalue weighted by molar-refractivity contribution is -0.148. The standard InChI is InChI=1S/C23H31N3O3/c1-15-5-7-19(8-6-15)14-26-18(4)21(17(3)24-26)9-10-22(27)25-12-11-20(23(28)29)16(2)13-25/h5-8,16,20H,9-14H2,1-4H3,(H,28,29). The van der Waals surface area contributed by atoms with E-state index in [4.69, 9.17) is 0 Å². The van der Waals surface area contributed by atoms with Crippen LogP contribution < -0.4 is 0 Å². The highest BCUT2D eigenvalue weighted by Crippen LogP contribution is 2.24. The second-order valence-electron chi connectivity index (χ2n) is 8.34. The predicted molar refractivity (Wildman–Crippen MR) is 112 cm³/mol. The second kappa shape index (κ2) is 8.80. The maximum Gasteiger partial charge on any atom is 0.306 e. The van der Waals surface area contributed by atoms with Gasteiger partial charge in [0.25, 0.3) is 0 Å². The summed E-state index contributed by atoms with van der Waals surface area (Å²) in [6.45, 7) is 9.84. The summed E-state index contributed by atoms with van der Waals surface area (Å²) in [5.41, 5.74) is 5.66. The van der Waals surface area contributed by atoms with Gasteiger partial charge in [0.2, 0.25) is 5.91 Å². The van der Waals surface area contributed by atoms with Crippen LogP contribution in [0, 0.1) is 32.6 Å². The topological polar surface area (TPSA) is 75.4 Å². The van der Waals surface area contributed by atoms with E-state index in [-0.39, 0.29) is 17.7 Å². The number of nitrogens with zero attached hydrogens (tertiary/aromatic N) is 3. The van der Waals surface area contributed by atoms with E-state index in [0.29, 0.717) is 32.4 Å². The molecule has 0 radical (unpaired) electrons.